The van der Waals surface area contributed by atoms with Gasteiger partial charge < -0.3 is 5.32 Å². The fraction of sp³-hybridized carbons (Fsp3) is 0.385. The van der Waals surface area contributed by atoms with E-state index in [1.807, 2.05) is 0 Å². The van der Waals surface area contributed by atoms with Crippen LogP contribution in [0.1, 0.15) is 25.0 Å². The molecule has 0 spiro atoms. The molecule has 0 atom stereocenters. The molecule has 0 amide bonds. The molecule has 0 saturated heterocycles. The van der Waals surface area contributed by atoms with Crippen LogP contribution in [0.25, 0.3) is 5.69 Å². The lowest BCUT2D eigenvalue weighted by atomic mass is 10.1. The Morgan fingerprint density at radius 2 is 2.18 bits per heavy atom. The van der Waals surface area contributed by atoms with Crippen LogP contribution in [0.4, 0.5) is 0 Å². The highest BCUT2D eigenvalue weighted by molar-refractivity contribution is 5.42. The van der Waals surface area contributed by atoms with Crippen molar-refractivity contribution < 1.29 is 0 Å². The molecule has 1 aromatic heterocycles. The summed E-state index contributed by atoms with van der Waals surface area (Å²) in [5, 5.41) is 7.58. The largest absolute Gasteiger partial charge is 0.310 e. The van der Waals surface area contributed by atoms with Crippen molar-refractivity contribution in [1.82, 2.24) is 20.1 Å². The minimum Gasteiger partial charge on any atom is -0.310 e. The Morgan fingerprint density at radius 3 is 2.82 bits per heavy atom. The maximum absolute atomic E-state index is 4.17. The second kappa shape index (κ2) is 5.10. The summed E-state index contributed by atoms with van der Waals surface area (Å²) in [4.78, 5) is 3.98. The first kappa shape index (κ1) is 11.8. The first-order valence-corrected chi connectivity index (χ1v) is 5.84. The predicted molar refractivity (Wildman–Crippen MR) is 68.1 cm³/mol. The van der Waals surface area contributed by atoms with Crippen LogP contribution in [0, 0.1) is 6.92 Å². The molecule has 0 radical (unpaired) electrons. The third-order valence-electron chi connectivity index (χ3n) is 2.65. The van der Waals surface area contributed by atoms with Gasteiger partial charge in [-0.05, 0) is 24.1 Å². The SMILES string of the molecule is Cc1ccc(CNC(C)C)cc1-n1cncn1. The van der Waals surface area contributed by atoms with Gasteiger partial charge in [0.05, 0.1) is 5.69 Å². The Hall–Kier alpha value is -1.68. The van der Waals surface area contributed by atoms with Crippen molar-refractivity contribution in [2.45, 2.75) is 33.4 Å². The van der Waals surface area contributed by atoms with Gasteiger partial charge in [0.1, 0.15) is 12.7 Å². The number of hydrogen-bond acceptors (Lipinski definition) is 3. The molecule has 0 bridgehead atoms. The van der Waals surface area contributed by atoms with Crippen LogP contribution in [0.5, 0.6) is 0 Å². The van der Waals surface area contributed by atoms with Gasteiger partial charge in [-0.1, -0.05) is 26.0 Å². The van der Waals surface area contributed by atoms with E-state index in [0.717, 1.165) is 12.2 Å². The first-order chi connectivity index (χ1) is 8.16. The van der Waals surface area contributed by atoms with E-state index < -0.39 is 0 Å². The summed E-state index contributed by atoms with van der Waals surface area (Å²) in [6.45, 7) is 7.25. The van der Waals surface area contributed by atoms with Crippen LogP contribution < -0.4 is 5.32 Å². The van der Waals surface area contributed by atoms with Gasteiger partial charge in [-0.15, -0.1) is 0 Å². The van der Waals surface area contributed by atoms with Crippen molar-refractivity contribution in [2.24, 2.45) is 0 Å². The van der Waals surface area contributed by atoms with Crippen LogP contribution >= 0.6 is 0 Å². The van der Waals surface area contributed by atoms with Gasteiger partial charge in [0.25, 0.3) is 0 Å². The highest BCUT2D eigenvalue weighted by Gasteiger charge is 2.03. The zero-order valence-corrected chi connectivity index (χ0v) is 10.5. The average Bonchev–Trinajstić information content (AvgIpc) is 2.81. The lowest BCUT2D eigenvalue weighted by molar-refractivity contribution is 0.588. The van der Waals surface area contributed by atoms with E-state index in [0.29, 0.717) is 6.04 Å². The molecule has 1 heterocycles. The molecular formula is C13H18N4. The summed E-state index contributed by atoms with van der Waals surface area (Å²) in [7, 11) is 0. The van der Waals surface area contributed by atoms with E-state index in [9.17, 15) is 0 Å². The van der Waals surface area contributed by atoms with Gasteiger partial charge >= 0.3 is 0 Å². The van der Waals surface area contributed by atoms with Gasteiger partial charge in [0, 0.05) is 12.6 Å². The van der Waals surface area contributed by atoms with Crippen LogP contribution in [-0.4, -0.2) is 20.8 Å². The van der Waals surface area contributed by atoms with E-state index >= 15 is 0 Å². The summed E-state index contributed by atoms with van der Waals surface area (Å²) in [6.07, 6.45) is 3.28. The van der Waals surface area contributed by atoms with Gasteiger partial charge in [0.15, 0.2) is 0 Å². The Morgan fingerprint density at radius 1 is 1.35 bits per heavy atom. The van der Waals surface area contributed by atoms with Crippen molar-refractivity contribution in [3.63, 3.8) is 0 Å². The summed E-state index contributed by atoms with van der Waals surface area (Å²) in [5.74, 6) is 0. The number of nitrogens with zero attached hydrogens (tertiary/aromatic N) is 3. The second-order valence-corrected chi connectivity index (χ2v) is 4.50. The molecule has 90 valence electrons. The molecule has 0 saturated carbocycles. The average molecular weight is 230 g/mol. The molecular weight excluding hydrogens is 212 g/mol. The fourth-order valence-electron chi connectivity index (χ4n) is 1.67. The zero-order valence-electron chi connectivity index (χ0n) is 10.5. The van der Waals surface area contributed by atoms with Crippen LogP contribution in [-0.2, 0) is 6.54 Å². The summed E-state index contributed by atoms with van der Waals surface area (Å²) >= 11 is 0. The summed E-state index contributed by atoms with van der Waals surface area (Å²) in [5.41, 5.74) is 3.55. The maximum atomic E-state index is 4.17. The highest BCUT2D eigenvalue weighted by Crippen LogP contribution is 2.14. The van der Waals surface area contributed by atoms with Gasteiger partial charge in [-0.2, -0.15) is 5.10 Å². The monoisotopic (exact) mass is 230 g/mol. The summed E-state index contributed by atoms with van der Waals surface area (Å²) in [6, 6.07) is 6.91. The Labute approximate surface area is 102 Å². The maximum Gasteiger partial charge on any atom is 0.138 e. The number of aromatic nitrogens is 3. The lowest BCUT2D eigenvalue weighted by Crippen LogP contribution is -2.21. The highest BCUT2D eigenvalue weighted by atomic mass is 15.3. The minimum atomic E-state index is 0.492. The Balaban J connectivity index is 2.24. The standard InChI is InChI=1S/C13H18N4/c1-10(2)15-7-12-5-4-11(3)13(6-12)17-9-14-8-16-17/h4-6,8-10,15H,7H2,1-3H3. The van der Waals surface area contributed by atoms with E-state index in [2.05, 4.69) is 54.4 Å². The van der Waals surface area contributed by atoms with Gasteiger partial charge in [-0.3, -0.25) is 0 Å². The molecule has 0 unspecified atom stereocenters. The second-order valence-electron chi connectivity index (χ2n) is 4.50. The van der Waals surface area contributed by atoms with Crippen molar-refractivity contribution in [2.75, 3.05) is 0 Å². The minimum absolute atomic E-state index is 0.492. The molecule has 0 fully saturated rings. The van der Waals surface area contributed by atoms with Gasteiger partial charge in [0.2, 0.25) is 0 Å². The molecule has 1 N–H and O–H groups in total. The van der Waals surface area contributed by atoms with E-state index in [4.69, 9.17) is 0 Å². The Kier molecular flexibility index (Phi) is 3.54. The van der Waals surface area contributed by atoms with E-state index in [1.54, 1.807) is 17.3 Å². The normalized spacial score (nSPS) is 11.1. The first-order valence-electron chi connectivity index (χ1n) is 5.84. The summed E-state index contributed by atoms with van der Waals surface area (Å²) < 4.78 is 1.80. The smallest absolute Gasteiger partial charge is 0.138 e. The Bertz CT molecular complexity index is 474. The molecule has 1 aromatic carbocycles. The third kappa shape index (κ3) is 2.91. The quantitative estimate of drug-likeness (QED) is 0.874. The van der Waals surface area contributed by atoms with Crippen LogP contribution in [0.2, 0.25) is 0 Å². The third-order valence-corrected chi connectivity index (χ3v) is 2.65. The molecule has 0 aliphatic heterocycles. The number of hydrogen-bond donors (Lipinski definition) is 1. The predicted octanol–water partition coefficient (Wildman–Crippen LogP) is 2.07. The van der Waals surface area contributed by atoms with Crippen molar-refractivity contribution in [3.05, 3.63) is 42.0 Å². The van der Waals surface area contributed by atoms with Crippen LogP contribution in [0.15, 0.2) is 30.9 Å². The fourth-order valence-corrected chi connectivity index (χ4v) is 1.67. The molecule has 4 nitrogen and oxygen atoms in total. The number of aryl methyl sites for hydroxylation is 1. The molecule has 0 aliphatic carbocycles. The van der Waals surface area contributed by atoms with Crippen molar-refractivity contribution in [1.29, 1.82) is 0 Å². The molecule has 4 heteroatoms. The van der Waals surface area contributed by atoms with Gasteiger partial charge in [-0.25, -0.2) is 9.67 Å². The van der Waals surface area contributed by atoms with Crippen molar-refractivity contribution >= 4 is 0 Å². The molecule has 17 heavy (non-hydrogen) atoms. The number of rotatable bonds is 4. The number of nitrogens with one attached hydrogen (secondary N) is 1. The van der Waals surface area contributed by atoms with Crippen LogP contribution in [0.3, 0.4) is 0 Å². The topological polar surface area (TPSA) is 42.7 Å². The molecule has 2 rings (SSSR count). The zero-order chi connectivity index (χ0) is 12.3. The lowest BCUT2D eigenvalue weighted by Gasteiger charge is -2.11. The van der Waals surface area contributed by atoms with Crippen molar-refractivity contribution in [3.8, 4) is 5.69 Å². The molecule has 2 aromatic rings. The van der Waals surface area contributed by atoms with E-state index in [-0.39, 0.29) is 0 Å². The molecule has 0 aliphatic rings. The number of benzene rings is 1. The van der Waals surface area contributed by atoms with E-state index in [1.165, 1.54) is 11.1 Å².